The Bertz CT molecular complexity index is 2380. The third-order valence-corrected chi connectivity index (χ3v) is 8.74. The van der Waals surface area contributed by atoms with Crippen LogP contribution in [-0.4, -0.2) is 14.1 Å². The average molecular weight is 577 g/mol. The molecule has 0 N–H and O–H groups in total. The van der Waals surface area contributed by atoms with Gasteiger partial charge in [-0.2, -0.15) is 0 Å². The third-order valence-electron chi connectivity index (χ3n) is 8.74. The largest absolute Gasteiger partial charge is 0.310 e. The topological polar surface area (TPSA) is 26.0 Å². The Morgan fingerprint density at radius 3 is 1.56 bits per heavy atom. The van der Waals surface area contributed by atoms with E-state index in [9.17, 15) is 0 Å². The number of benzene rings is 6. The summed E-state index contributed by atoms with van der Waals surface area (Å²) < 4.78 is 4.63. The summed E-state index contributed by atoms with van der Waals surface area (Å²) >= 11 is 0. The number of pyridine rings is 1. The lowest BCUT2D eigenvalue weighted by Crippen LogP contribution is -2.09. The summed E-state index contributed by atoms with van der Waals surface area (Å²) in [6, 6.07) is 58.2. The molecule has 212 valence electrons. The number of hydrogen-bond acceptors (Lipinski definition) is 2. The van der Waals surface area contributed by atoms with Gasteiger partial charge in [0.25, 0.3) is 0 Å². The molecule has 0 fully saturated rings. The molecule has 4 nitrogen and oxygen atoms in total. The van der Waals surface area contributed by atoms with Gasteiger partial charge in [-0.1, -0.05) is 72.8 Å². The molecule has 0 amide bonds. The highest BCUT2D eigenvalue weighted by Gasteiger charge is 2.18. The Hall–Kier alpha value is -6.13. The Morgan fingerprint density at radius 1 is 0.378 bits per heavy atom. The molecule has 3 heterocycles. The number of para-hydroxylation sites is 4. The fourth-order valence-electron chi connectivity index (χ4n) is 6.79. The quantitative estimate of drug-likeness (QED) is 0.204. The first-order chi connectivity index (χ1) is 22.3. The van der Waals surface area contributed by atoms with Crippen LogP contribution in [0.25, 0.3) is 55.1 Å². The van der Waals surface area contributed by atoms with Crippen molar-refractivity contribution in [1.82, 2.24) is 14.1 Å². The van der Waals surface area contributed by atoms with Crippen molar-refractivity contribution in [2.75, 3.05) is 4.90 Å². The SMILES string of the molecule is c1ccc(N(c2ccccc2)c2ccc3c(c2)c2ccccc2n3-c2ccc(-n3c4ccccc4c4cccnc43)cc2)cc1. The summed E-state index contributed by atoms with van der Waals surface area (Å²) in [4.78, 5) is 7.09. The summed E-state index contributed by atoms with van der Waals surface area (Å²) in [6.07, 6.45) is 1.87. The van der Waals surface area contributed by atoms with Gasteiger partial charge >= 0.3 is 0 Å². The number of fused-ring (bicyclic) bond motifs is 6. The van der Waals surface area contributed by atoms with Crippen LogP contribution in [0, 0.1) is 0 Å². The van der Waals surface area contributed by atoms with Crippen LogP contribution >= 0.6 is 0 Å². The van der Waals surface area contributed by atoms with Crippen molar-refractivity contribution >= 4 is 60.8 Å². The molecule has 0 bridgehead atoms. The van der Waals surface area contributed by atoms with Gasteiger partial charge in [0.15, 0.2) is 0 Å². The van der Waals surface area contributed by atoms with Gasteiger partial charge in [-0.05, 0) is 91.0 Å². The zero-order chi connectivity index (χ0) is 29.7. The van der Waals surface area contributed by atoms with Gasteiger partial charge in [-0.25, -0.2) is 4.98 Å². The van der Waals surface area contributed by atoms with E-state index in [1.807, 2.05) is 12.3 Å². The predicted molar refractivity (Wildman–Crippen MR) is 188 cm³/mol. The highest BCUT2D eigenvalue weighted by atomic mass is 15.1. The van der Waals surface area contributed by atoms with Crippen LogP contribution in [0.2, 0.25) is 0 Å². The molecule has 0 aliphatic rings. The van der Waals surface area contributed by atoms with Gasteiger partial charge < -0.3 is 9.47 Å². The molecule has 0 spiro atoms. The van der Waals surface area contributed by atoms with E-state index < -0.39 is 0 Å². The van der Waals surface area contributed by atoms with E-state index in [-0.39, 0.29) is 0 Å². The van der Waals surface area contributed by atoms with E-state index in [0.29, 0.717) is 0 Å². The minimum Gasteiger partial charge on any atom is -0.310 e. The molecule has 0 radical (unpaired) electrons. The second-order valence-corrected chi connectivity index (χ2v) is 11.3. The average Bonchev–Trinajstić information content (AvgIpc) is 3.62. The number of rotatable bonds is 5. The second-order valence-electron chi connectivity index (χ2n) is 11.3. The molecule has 3 aromatic heterocycles. The van der Waals surface area contributed by atoms with Gasteiger partial charge in [0.2, 0.25) is 0 Å². The van der Waals surface area contributed by atoms with Crippen LogP contribution in [-0.2, 0) is 0 Å². The van der Waals surface area contributed by atoms with E-state index in [4.69, 9.17) is 4.98 Å². The third kappa shape index (κ3) is 4.04. The summed E-state index contributed by atoms with van der Waals surface area (Å²) in [7, 11) is 0. The molecule has 9 rings (SSSR count). The van der Waals surface area contributed by atoms with Crippen molar-refractivity contribution in [3.05, 3.63) is 170 Å². The molecule has 9 aromatic rings. The van der Waals surface area contributed by atoms with Crippen LogP contribution < -0.4 is 4.90 Å². The number of nitrogens with zero attached hydrogens (tertiary/aromatic N) is 4. The molecule has 45 heavy (non-hydrogen) atoms. The molecule has 0 aliphatic heterocycles. The van der Waals surface area contributed by atoms with E-state index in [0.717, 1.165) is 45.0 Å². The lowest BCUT2D eigenvalue weighted by atomic mass is 10.1. The van der Waals surface area contributed by atoms with Crippen LogP contribution in [0.15, 0.2) is 170 Å². The predicted octanol–water partition coefficient (Wildman–Crippen LogP) is 10.7. The number of anilines is 3. The normalized spacial score (nSPS) is 11.6. The lowest BCUT2D eigenvalue weighted by Gasteiger charge is -2.25. The van der Waals surface area contributed by atoms with Gasteiger partial charge in [-0.15, -0.1) is 0 Å². The molecule has 0 aliphatic carbocycles. The Kier molecular flexibility index (Phi) is 5.78. The van der Waals surface area contributed by atoms with Crippen LogP contribution in [0.5, 0.6) is 0 Å². The van der Waals surface area contributed by atoms with Crippen LogP contribution in [0.1, 0.15) is 0 Å². The van der Waals surface area contributed by atoms with Crippen molar-refractivity contribution < 1.29 is 0 Å². The maximum atomic E-state index is 4.77. The summed E-state index contributed by atoms with van der Waals surface area (Å²) in [5.41, 5.74) is 10.1. The highest BCUT2D eigenvalue weighted by Crippen LogP contribution is 2.40. The first-order valence-corrected chi connectivity index (χ1v) is 15.2. The fourth-order valence-corrected chi connectivity index (χ4v) is 6.79. The smallest absolute Gasteiger partial charge is 0.145 e. The zero-order valence-electron chi connectivity index (χ0n) is 24.5. The van der Waals surface area contributed by atoms with Crippen molar-refractivity contribution in [1.29, 1.82) is 0 Å². The summed E-state index contributed by atoms with van der Waals surface area (Å²) in [6.45, 7) is 0. The molecule has 6 aromatic carbocycles. The van der Waals surface area contributed by atoms with Gasteiger partial charge in [0.05, 0.1) is 16.6 Å². The van der Waals surface area contributed by atoms with Crippen molar-refractivity contribution in [2.45, 2.75) is 0 Å². The number of aromatic nitrogens is 3. The van der Waals surface area contributed by atoms with Crippen molar-refractivity contribution in [3.63, 3.8) is 0 Å². The summed E-state index contributed by atoms with van der Waals surface area (Å²) in [5.74, 6) is 0. The Morgan fingerprint density at radius 2 is 0.889 bits per heavy atom. The zero-order valence-corrected chi connectivity index (χ0v) is 24.5. The van der Waals surface area contributed by atoms with Gasteiger partial charge in [0, 0.05) is 56.2 Å². The highest BCUT2D eigenvalue weighted by molar-refractivity contribution is 6.11. The lowest BCUT2D eigenvalue weighted by molar-refractivity contribution is 1.12. The fraction of sp³-hybridized carbons (Fsp3) is 0. The van der Waals surface area contributed by atoms with Gasteiger partial charge in [0.1, 0.15) is 5.65 Å². The minimum absolute atomic E-state index is 0.970. The summed E-state index contributed by atoms with van der Waals surface area (Å²) in [5, 5.41) is 4.82. The monoisotopic (exact) mass is 576 g/mol. The van der Waals surface area contributed by atoms with E-state index >= 15 is 0 Å². The van der Waals surface area contributed by atoms with Crippen LogP contribution in [0.4, 0.5) is 17.1 Å². The van der Waals surface area contributed by atoms with Crippen molar-refractivity contribution in [3.8, 4) is 11.4 Å². The Balaban J connectivity index is 1.21. The van der Waals surface area contributed by atoms with E-state index in [2.05, 4.69) is 172 Å². The minimum atomic E-state index is 0.970. The molecular formula is C41H28N4. The second kappa shape index (κ2) is 10.2. The standard InChI is InChI=1S/C41H28N4/c1-3-12-29(13-4-1)43(30-14-5-2-6-15-30)33-25-26-40-37(28-33)35-17-8-9-19-38(35)44(40)31-21-23-32(24-22-31)45-39-20-10-7-16-34(39)36-18-11-27-42-41(36)45/h1-28H. The maximum Gasteiger partial charge on any atom is 0.145 e. The van der Waals surface area contributed by atoms with Gasteiger partial charge in [-0.3, -0.25) is 4.57 Å². The first kappa shape index (κ1) is 25.4. The molecular weight excluding hydrogens is 548 g/mol. The molecule has 0 saturated heterocycles. The van der Waals surface area contributed by atoms with Crippen molar-refractivity contribution in [2.24, 2.45) is 0 Å². The molecule has 0 atom stereocenters. The van der Waals surface area contributed by atoms with E-state index in [1.54, 1.807) is 0 Å². The molecule has 0 saturated carbocycles. The van der Waals surface area contributed by atoms with Crippen LogP contribution in [0.3, 0.4) is 0 Å². The molecule has 4 heteroatoms. The Labute approximate surface area is 260 Å². The number of hydrogen-bond donors (Lipinski definition) is 0. The first-order valence-electron chi connectivity index (χ1n) is 15.2. The molecule has 0 unspecified atom stereocenters. The van der Waals surface area contributed by atoms with E-state index in [1.165, 1.54) is 27.2 Å². The maximum absolute atomic E-state index is 4.77.